The highest BCUT2D eigenvalue weighted by molar-refractivity contribution is 5.15. The molecule has 0 bridgehead atoms. The highest BCUT2D eigenvalue weighted by Gasteiger charge is 2.05. The third-order valence-corrected chi connectivity index (χ3v) is 2.97. The summed E-state index contributed by atoms with van der Waals surface area (Å²) in [7, 11) is 1.95. The van der Waals surface area contributed by atoms with Crippen molar-refractivity contribution in [2.75, 3.05) is 0 Å². The predicted molar refractivity (Wildman–Crippen MR) is 64.2 cm³/mol. The SMILES string of the molecule is CCn1cnnc1CNCc1cnn(C)c1C. The molecule has 0 saturated carbocycles. The molecule has 17 heavy (non-hydrogen) atoms. The van der Waals surface area contributed by atoms with Gasteiger partial charge in [0.25, 0.3) is 0 Å². The third kappa shape index (κ3) is 2.52. The lowest BCUT2D eigenvalue weighted by atomic mass is 10.2. The van der Waals surface area contributed by atoms with Crippen LogP contribution in [0.4, 0.5) is 0 Å². The van der Waals surface area contributed by atoms with Crippen LogP contribution in [0.15, 0.2) is 12.5 Å². The molecule has 0 spiro atoms. The van der Waals surface area contributed by atoms with E-state index in [-0.39, 0.29) is 0 Å². The van der Waals surface area contributed by atoms with Crippen molar-refractivity contribution >= 4 is 0 Å². The zero-order valence-electron chi connectivity index (χ0n) is 10.5. The molecule has 92 valence electrons. The molecule has 6 heteroatoms. The lowest BCUT2D eigenvalue weighted by Gasteiger charge is -2.05. The Labute approximate surface area is 101 Å². The van der Waals surface area contributed by atoms with Crippen LogP contribution in [0.2, 0.25) is 0 Å². The smallest absolute Gasteiger partial charge is 0.146 e. The maximum atomic E-state index is 4.21. The lowest BCUT2D eigenvalue weighted by Crippen LogP contribution is -2.16. The van der Waals surface area contributed by atoms with Gasteiger partial charge in [0.15, 0.2) is 0 Å². The third-order valence-electron chi connectivity index (χ3n) is 2.97. The van der Waals surface area contributed by atoms with Gasteiger partial charge in [0, 0.05) is 31.4 Å². The fourth-order valence-electron chi connectivity index (χ4n) is 1.71. The summed E-state index contributed by atoms with van der Waals surface area (Å²) in [4.78, 5) is 0. The quantitative estimate of drug-likeness (QED) is 0.824. The molecule has 0 aliphatic rings. The summed E-state index contributed by atoms with van der Waals surface area (Å²) in [5, 5.41) is 15.5. The van der Waals surface area contributed by atoms with Gasteiger partial charge in [-0.3, -0.25) is 4.68 Å². The average Bonchev–Trinajstić information content (AvgIpc) is 2.90. The van der Waals surface area contributed by atoms with Gasteiger partial charge in [0.1, 0.15) is 12.2 Å². The van der Waals surface area contributed by atoms with Gasteiger partial charge < -0.3 is 9.88 Å². The van der Waals surface area contributed by atoms with Gasteiger partial charge in [-0.25, -0.2) is 0 Å². The van der Waals surface area contributed by atoms with Crippen molar-refractivity contribution in [1.29, 1.82) is 0 Å². The summed E-state index contributed by atoms with van der Waals surface area (Å²) in [5.74, 6) is 0.967. The molecule has 2 aromatic rings. The van der Waals surface area contributed by atoms with E-state index in [2.05, 4.69) is 34.5 Å². The van der Waals surface area contributed by atoms with Crippen LogP contribution < -0.4 is 5.32 Å². The molecule has 0 aliphatic heterocycles. The van der Waals surface area contributed by atoms with E-state index in [1.807, 2.05) is 22.5 Å². The first kappa shape index (κ1) is 11.8. The van der Waals surface area contributed by atoms with Crippen LogP contribution in [-0.4, -0.2) is 24.5 Å². The van der Waals surface area contributed by atoms with Crippen LogP contribution in [-0.2, 0) is 26.7 Å². The maximum Gasteiger partial charge on any atom is 0.146 e. The van der Waals surface area contributed by atoms with Gasteiger partial charge in [0.05, 0.1) is 12.7 Å². The normalized spacial score (nSPS) is 11.0. The molecule has 0 amide bonds. The lowest BCUT2D eigenvalue weighted by molar-refractivity contribution is 0.610. The maximum absolute atomic E-state index is 4.21. The van der Waals surface area contributed by atoms with Crippen molar-refractivity contribution in [3.8, 4) is 0 Å². The minimum Gasteiger partial charge on any atom is -0.317 e. The molecule has 0 fully saturated rings. The number of nitrogens with one attached hydrogen (secondary N) is 1. The van der Waals surface area contributed by atoms with Gasteiger partial charge in [-0.2, -0.15) is 5.10 Å². The molecule has 2 aromatic heterocycles. The zero-order valence-corrected chi connectivity index (χ0v) is 10.5. The van der Waals surface area contributed by atoms with E-state index in [4.69, 9.17) is 0 Å². The van der Waals surface area contributed by atoms with Crippen molar-refractivity contribution in [1.82, 2.24) is 29.9 Å². The molecule has 0 atom stereocenters. The fourth-order valence-corrected chi connectivity index (χ4v) is 1.71. The van der Waals surface area contributed by atoms with Crippen molar-refractivity contribution in [3.63, 3.8) is 0 Å². The van der Waals surface area contributed by atoms with Crippen LogP contribution in [0.25, 0.3) is 0 Å². The molecule has 0 saturated heterocycles. The summed E-state index contributed by atoms with van der Waals surface area (Å²) in [6.07, 6.45) is 3.65. The van der Waals surface area contributed by atoms with E-state index in [1.165, 1.54) is 11.3 Å². The second-order valence-corrected chi connectivity index (χ2v) is 4.02. The second kappa shape index (κ2) is 5.09. The van der Waals surface area contributed by atoms with Crippen LogP contribution in [0.3, 0.4) is 0 Å². The largest absolute Gasteiger partial charge is 0.317 e. The first-order valence-electron chi connectivity index (χ1n) is 5.77. The Kier molecular flexibility index (Phi) is 3.53. The summed E-state index contributed by atoms with van der Waals surface area (Å²) < 4.78 is 3.91. The van der Waals surface area contributed by atoms with Crippen LogP contribution in [0.5, 0.6) is 0 Å². The van der Waals surface area contributed by atoms with Crippen molar-refractivity contribution in [2.24, 2.45) is 7.05 Å². The van der Waals surface area contributed by atoms with E-state index in [9.17, 15) is 0 Å². The molecule has 0 aliphatic carbocycles. The topological polar surface area (TPSA) is 60.6 Å². The Morgan fingerprint density at radius 2 is 2.18 bits per heavy atom. The number of hydrogen-bond donors (Lipinski definition) is 1. The van der Waals surface area contributed by atoms with Gasteiger partial charge in [-0.15, -0.1) is 10.2 Å². The zero-order chi connectivity index (χ0) is 12.3. The summed E-state index contributed by atoms with van der Waals surface area (Å²) in [6, 6.07) is 0. The monoisotopic (exact) mass is 234 g/mol. The summed E-state index contributed by atoms with van der Waals surface area (Å²) in [5.41, 5.74) is 2.41. The fraction of sp³-hybridized carbons (Fsp3) is 0.545. The highest BCUT2D eigenvalue weighted by Crippen LogP contribution is 2.05. The molecule has 1 N–H and O–H groups in total. The number of hydrogen-bond acceptors (Lipinski definition) is 4. The Hall–Kier alpha value is -1.69. The molecule has 0 radical (unpaired) electrons. The predicted octanol–water partition coefficient (Wildman–Crippen LogP) is 0.630. The van der Waals surface area contributed by atoms with Crippen LogP contribution in [0, 0.1) is 6.92 Å². The minimum absolute atomic E-state index is 0.724. The first-order valence-corrected chi connectivity index (χ1v) is 5.77. The van der Waals surface area contributed by atoms with E-state index < -0.39 is 0 Å². The Morgan fingerprint density at radius 3 is 2.82 bits per heavy atom. The average molecular weight is 234 g/mol. The van der Waals surface area contributed by atoms with Gasteiger partial charge in [-0.05, 0) is 13.8 Å². The number of aromatic nitrogens is 5. The van der Waals surface area contributed by atoms with Crippen LogP contribution in [0.1, 0.15) is 24.0 Å². The molecule has 2 rings (SSSR count). The Morgan fingerprint density at radius 1 is 1.35 bits per heavy atom. The number of nitrogens with zero attached hydrogens (tertiary/aromatic N) is 5. The molecule has 6 nitrogen and oxygen atoms in total. The van der Waals surface area contributed by atoms with Gasteiger partial charge >= 0.3 is 0 Å². The van der Waals surface area contributed by atoms with E-state index in [0.29, 0.717) is 0 Å². The van der Waals surface area contributed by atoms with Crippen molar-refractivity contribution < 1.29 is 0 Å². The van der Waals surface area contributed by atoms with E-state index >= 15 is 0 Å². The van der Waals surface area contributed by atoms with Crippen molar-refractivity contribution in [3.05, 3.63) is 29.6 Å². The Bertz CT molecular complexity index is 484. The molecule has 0 unspecified atom stereocenters. The summed E-state index contributed by atoms with van der Waals surface area (Å²) in [6.45, 7) is 6.57. The van der Waals surface area contributed by atoms with Crippen LogP contribution >= 0.6 is 0 Å². The Balaban J connectivity index is 1.90. The van der Waals surface area contributed by atoms with Crippen molar-refractivity contribution in [2.45, 2.75) is 33.5 Å². The highest BCUT2D eigenvalue weighted by atomic mass is 15.3. The standard InChI is InChI=1S/C11H18N6/c1-4-17-8-13-15-11(17)7-12-5-10-6-14-16(3)9(10)2/h6,8,12H,4-5,7H2,1-3H3. The molecule has 0 aromatic carbocycles. The van der Waals surface area contributed by atoms with E-state index in [1.54, 1.807) is 6.33 Å². The van der Waals surface area contributed by atoms with Gasteiger partial charge in [-0.1, -0.05) is 0 Å². The molecular formula is C11H18N6. The van der Waals surface area contributed by atoms with E-state index in [0.717, 1.165) is 25.5 Å². The first-order chi connectivity index (χ1) is 8.22. The minimum atomic E-state index is 0.724. The summed E-state index contributed by atoms with van der Waals surface area (Å²) >= 11 is 0. The molecular weight excluding hydrogens is 216 g/mol. The second-order valence-electron chi connectivity index (χ2n) is 4.02. The number of aryl methyl sites for hydroxylation is 2. The molecule has 2 heterocycles. The number of rotatable bonds is 5. The van der Waals surface area contributed by atoms with Gasteiger partial charge in [0.2, 0.25) is 0 Å².